The summed E-state index contributed by atoms with van der Waals surface area (Å²) in [5.41, 5.74) is 4.09. The molecular weight excluding hydrogens is 376 g/mol. The minimum atomic E-state index is -0.349. The fraction of sp³-hybridized carbons (Fsp3) is 0.292. The molecular formula is C24H26N4O2. The van der Waals surface area contributed by atoms with Gasteiger partial charge in [0.05, 0.1) is 12.0 Å². The van der Waals surface area contributed by atoms with Crippen LogP contribution in [0.25, 0.3) is 16.9 Å². The second-order valence-corrected chi connectivity index (χ2v) is 8.25. The van der Waals surface area contributed by atoms with E-state index < -0.39 is 0 Å². The van der Waals surface area contributed by atoms with Crippen LogP contribution in [-0.2, 0) is 13.1 Å². The molecule has 0 fully saturated rings. The maximum atomic E-state index is 13.4. The summed E-state index contributed by atoms with van der Waals surface area (Å²) in [6.07, 6.45) is 1.65. The van der Waals surface area contributed by atoms with Crippen molar-refractivity contribution in [1.29, 1.82) is 0 Å². The summed E-state index contributed by atoms with van der Waals surface area (Å²) in [6, 6.07) is 15.9. The first-order valence-electron chi connectivity index (χ1n) is 10.2. The van der Waals surface area contributed by atoms with Crippen molar-refractivity contribution in [3.63, 3.8) is 0 Å². The van der Waals surface area contributed by atoms with Crippen molar-refractivity contribution in [2.24, 2.45) is 5.92 Å². The van der Waals surface area contributed by atoms with Crippen LogP contribution in [0.5, 0.6) is 0 Å². The van der Waals surface area contributed by atoms with Crippen LogP contribution < -0.4 is 11.2 Å². The summed E-state index contributed by atoms with van der Waals surface area (Å²) in [4.78, 5) is 31.3. The highest BCUT2D eigenvalue weighted by molar-refractivity contribution is 5.73. The number of hydrogen-bond donors (Lipinski definition) is 0. The van der Waals surface area contributed by atoms with Crippen LogP contribution in [0.2, 0.25) is 0 Å². The third-order valence-electron chi connectivity index (χ3n) is 5.24. The molecule has 0 saturated carbocycles. The van der Waals surface area contributed by atoms with E-state index in [0.717, 1.165) is 22.4 Å². The van der Waals surface area contributed by atoms with Crippen molar-refractivity contribution in [3.8, 4) is 5.69 Å². The summed E-state index contributed by atoms with van der Waals surface area (Å²) >= 11 is 0. The molecule has 0 aliphatic heterocycles. The van der Waals surface area contributed by atoms with Crippen LogP contribution in [-0.4, -0.2) is 18.7 Å². The second kappa shape index (κ2) is 7.78. The zero-order chi connectivity index (χ0) is 21.4. The molecule has 0 bridgehead atoms. The molecule has 0 atom stereocenters. The zero-order valence-corrected chi connectivity index (χ0v) is 17.8. The highest BCUT2D eigenvalue weighted by atomic mass is 16.2. The lowest BCUT2D eigenvalue weighted by atomic mass is 10.1. The van der Waals surface area contributed by atoms with E-state index in [4.69, 9.17) is 0 Å². The molecule has 2 aromatic heterocycles. The van der Waals surface area contributed by atoms with E-state index in [-0.39, 0.29) is 17.2 Å². The Morgan fingerprint density at radius 2 is 1.73 bits per heavy atom. The summed E-state index contributed by atoms with van der Waals surface area (Å²) in [6.45, 7) is 8.86. The number of nitrogens with zero attached hydrogens (tertiary/aromatic N) is 4. The Kier molecular flexibility index (Phi) is 5.16. The predicted molar refractivity (Wildman–Crippen MR) is 119 cm³/mol. The molecule has 0 saturated heterocycles. The molecule has 0 unspecified atom stereocenters. The summed E-state index contributed by atoms with van der Waals surface area (Å²) in [5.74, 6) is 0.158. The maximum Gasteiger partial charge on any atom is 0.337 e. The lowest BCUT2D eigenvalue weighted by molar-refractivity contribution is 0.488. The van der Waals surface area contributed by atoms with E-state index in [1.807, 2.05) is 80.8 Å². The van der Waals surface area contributed by atoms with Gasteiger partial charge in [-0.2, -0.15) is 0 Å². The van der Waals surface area contributed by atoms with Gasteiger partial charge in [-0.3, -0.25) is 9.36 Å². The van der Waals surface area contributed by atoms with E-state index in [1.165, 1.54) is 4.57 Å². The fourth-order valence-electron chi connectivity index (χ4n) is 3.88. The first kappa shape index (κ1) is 19.9. The Morgan fingerprint density at radius 1 is 1.00 bits per heavy atom. The van der Waals surface area contributed by atoms with E-state index in [9.17, 15) is 9.59 Å². The third kappa shape index (κ3) is 3.49. The number of rotatable bonds is 5. The van der Waals surface area contributed by atoms with E-state index in [2.05, 4.69) is 4.98 Å². The van der Waals surface area contributed by atoms with Crippen LogP contribution in [0.4, 0.5) is 0 Å². The second-order valence-electron chi connectivity index (χ2n) is 8.25. The zero-order valence-electron chi connectivity index (χ0n) is 17.8. The average Bonchev–Trinajstić information content (AvgIpc) is 3.11. The van der Waals surface area contributed by atoms with E-state index in [0.29, 0.717) is 24.3 Å². The molecule has 0 N–H and O–H groups in total. The van der Waals surface area contributed by atoms with Crippen LogP contribution in [0.15, 0.2) is 64.4 Å². The van der Waals surface area contributed by atoms with Gasteiger partial charge in [-0.1, -0.05) is 61.9 Å². The number of fused-ring (bicyclic) bond motifs is 1. The van der Waals surface area contributed by atoms with Crippen LogP contribution in [0.1, 0.15) is 30.5 Å². The molecule has 0 radical (unpaired) electrons. The van der Waals surface area contributed by atoms with Crippen molar-refractivity contribution in [3.05, 3.63) is 92.4 Å². The minimum Gasteiger partial charge on any atom is -0.320 e. The lowest BCUT2D eigenvalue weighted by Gasteiger charge is -2.15. The Bertz CT molecular complexity index is 1330. The van der Waals surface area contributed by atoms with Crippen LogP contribution in [0, 0.1) is 19.8 Å². The number of hydrogen-bond acceptors (Lipinski definition) is 3. The normalized spacial score (nSPS) is 11.5. The monoisotopic (exact) mass is 402 g/mol. The summed E-state index contributed by atoms with van der Waals surface area (Å²) < 4.78 is 4.76. The molecule has 6 heteroatoms. The highest BCUT2D eigenvalue weighted by Gasteiger charge is 2.20. The highest BCUT2D eigenvalue weighted by Crippen LogP contribution is 2.19. The van der Waals surface area contributed by atoms with Gasteiger partial charge < -0.3 is 4.57 Å². The standard InChI is InChI=1S/C24H26N4O2/c1-16(2)13-27-23(29)21-22(25-15-26(21)14-19-8-6-5-7-9-19)28(24(27)30)20-11-10-17(3)12-18(20)4/h5-12,15-16H,13-14H2,1-4H3. The molecule has 4 aromatic rings. The summed E-state index contributed by atoms with van der Waals surface area (Å²) in [5, 5.41) is 0. The van der Waals surface area contributed by atoms with Gasteiger partial charge in [-0.25, -0.2) is 14.3 Å². The minimum absolute atomic E-state index is 0.158. The fourth-order valence-corrected chi connectivity index (χ4v) is 3.88. The van der Waals surface area contributed by atoms with Crippen LogP contribution in [0.3, 0.4) is 0 Å². The van der Waals surface area contributed by atoms with E-state index in [1.54, 1.807) is 10.9 Å². The molecule has 2 heterocycles. The van der Waals surface area contributed by atoms with Crippen LogP contribution >= 0.6 is 0 Å². The summed E-state index contributed by atoms with van der Waals surface area (Å²) in [7, 11) is 0. The van der Waals surface area contributed by atoms with E-state index >= 15 is 0 Å². The Hall–Kier alpha value is -3.41. The number of imidazole rings is 1. The SMILES string of the molecule is Cc1ccc(-n2c(=O)n(CC(C)C)c(=O)c3c2ncn3Cc2ccccc2)c(C)c1. The van der Waals surface area contributed by atoms with Gasteiger partial charge in [0, 0.05) is 13.1 Å². The first-order valence-corrected chi connectivity index (χ1v) is 10.2. The smallest absolute Gasteiger partial charge is 0.320 e. The Morgan fingerprint density at radius 3 is 2.40 bits per heavy atom. The quantitative estimate of drug-likeness (QED) is 0.512. The van der Waals surface area contributed by atoms with Gasteiger partial charge in [0.1, 0.15) is 0 Å². The van der Waals surface area contributed by atoms with Crippen molar-refractivity contribution in [2.45, 2.75) is 40.8 Å². The number of aryl methyl sites for hydroxylation is 2. The predicted octanol–water partition coefficient (Wildman–Crippen LogP) is 3.67. The van der Waals surface area contributed by atoms with Crippen molar-refractivity contribution < 1.29 is 0 Å². The van der Waals surface area contributed by atoms with Crippen molar-refractivity contribution in [2.75, 3.05) is 0 Å². The van der Waals surface area contributed by atoms with Gasteiger partial charge in [0.2, 0.25) is 0 Å². The number of aromatic nitrogens is 4. The number of benzene rings is 2. The van der Waals surface area contributed by atoms with Crippen molar-refractivity contribution in [1.82, 2.24) is 18.7 Å². The molecule has 0 amide bonds. The topological polar surface area (TPSA) is 61.8 Å². The molecule has 0 aliphatic rings. The molecule has 2 aromatic carbocycles. The van der Waals surface area contributed by atoms with Gasteiger partial charge in [0.25, 0.3) is 5.56 Å². The molecule has 30 heavy (non-hydrogen) atoms. The largest absolute Gasteiger partial charge is 0.337 e. The molecule has 6 nitrogen and oxygen atoms in total. The molecule has 0 spiro atoms. The first-order chi connectivity index (χ1) is 14.4. The average molecular weight is 402 g/mol. The van der Waals surface area contributed by atoms with Crippen molar-refractivity contribution >= 4 is 11.2 Å². The maximum absolute atomic E-state index is 13.4. The van der Waals surface area contributed by atoms with Gasteiger partial charge in [0.15, 0.2) is 11.2 Å². The van der Waals surface area contributed by atoms with Gasteiger partial charge in [-0.15, -0.1) is 0 Å². The van der Waals surface area contributed by atoms with Gasteiger partial charge >= 0.3 is 5.69 Å². The molecule has 4 rings (SSSR count). The Balaban J connectivity index is 2.03. The van der Waals surface area contributed by atoms with Gasteiger partial charge in [-0.05, 0) is 37.0 Å². The Labute approximate surface area is 175 Å². The molecule has 0 aliphatic carbocycles. The lowest BCUT2D eigenvalue weighted by Crippen LogP contribution is -2.41. The molecule has 154 valence electrons. The third-order valence-corrected chi connectivity index (χ3v) is 5.24.